The highest BCUT2D eigenvalue weighted by atomic mass is 16.5. The first-order valence-electron chi connectivity index (χ1n) is 8.17. The van der Waals surface area contributed by atoms with Gasteiger partial charge in [0.1, 0.15) is 6.61 Å². The number of carbonyl (C=O) groups excluding carboxylic acids is 2. The number of hydrogen-bond donors (Lipinski definition) is 1. The first-order chi connectivity index (χ1) is 11.1. The van der Waals surface area contributed by atoms with Crippen molar-refractivity contribution in [2.45, 2.75) is 37.8 Å². The van der Waals surface area contributed by atoms with E-state index in [1.165, 1.54) is 7.11 Å². The van der Waals surface area contributed by atoms with Crippen molar-refractivity contribution in [2.24, 2.45) is 11.8 Å². The molecule has 2 fully saturated rings. The van der Waals surface area contributed by atoms with Gasteiger partial charge in [-0.25, -0.2) is 0 Å². The Bertz CT molecular complexity index is 566. The molecule has 23 heavy (non-hydrogen) atoms. The molecular formula is C18H23NO4. The van der Waals surface area contributed by atoms with Crippen LogP contribution in [0, 0.1) is 11.8 Å². The average Bonchev–Trinajstić information content (AvgIpc) is 3.20. The van der Waals surface area contributed by atoms with Gasteiger partial charge in [-0.05, 0) is 37.8 Å². The maximum atomic E-state index is 12.5. The Morgan fingerprint density at radius 2 is 1.87 bits per heavy atom. The van der Waals surface area contributed by atoms with Crippen LogP contribution in [0.3, 0.4) is 0 Å². The van der Waals surface area contributed by atoms with Crippen molar-refractivity contribution in [1.82, 2.24) is 5.32 Å². The summed E-state index contributed by atoms with van der Waals surface area (Å²) in [6, 6.07) is 9.57. The molecule has 1 aromatic carbocycles. The van der Waals surface area contributed by atoms with Crippen LogP contribution in [0.4, 0.5) is 0 Å². The van der Waals surface area contributed by atoms with Crippen LogP contribution in [0.2, 0.25) is 0 Å². The number of hydrogen-bond acceptors (Lipinski definition) is 5. The molecule has 1 aromatic rings. The maximum Gasteiger partial charge on any atom is 0.310 e. The molecule has 5 nitrogen and oxygen atoms in total. The Balaban J connectivity index is 1.67. The normalized spacial score (nSPS) is 29.6. The summed E-state index contributed by atoms with van der Waals surface area (Å²) in [5, 5.41) is 3.48. The molecule has 1 aliphatic heterocycles. The average molecular weight is 317 g/mol. The van der Waals surface area contributed by atoms with Crippen molar-refractivity contribution in [2.75, 3.05) is 13.7 Å². The fourth-order valence-corrected chi connectivity index (χ4v) is 3.91. The molecule has 1 saturated carbocycles. The van der Waals surface area contributed by atoms with Crippen LogP contribution in [0.5, 0.6) is 0 Å². The van der Waals surface area contributed by atoms with Crippen LogP contribution >= 0.6 is 0 Å². The van der Waals surface area contributed by atoms with E-state index in [-0.39, 0.29) is 24.1 Å². The minimum absolute atomic E-state index is 0.102. The zero-order valence-electron chi connectivity index (χ0n) is 13.4. The standard InChI is InChI=1S/C18H23NO4/c1-22-16(20)14-10-18(8-5-9-19-18)11-15(14)17(21)23-12-13-6-3-2-4-7-13/h2-4,6-7,14-15,19H,5,8-12H2,1H3. The molecule has 1 spiro atoms. The largest absolute Gasteiger partial charge is 0.469 e. The van der Waals surface area contributed by atoms with E-state index in [1.54, 1.807) is 0 Å². The Morgan fingerprint density at radius 1 is 1.17 bits per heavy atom. The minimum Gasteiger partial charge on any atom is -0.469 e. The first kappa shape index (κ1) is 16.0. The van der Waals surface area contributed by atoms with Gasteiger partial charge >= 0.3 is 11.9 Å². The van der Waals surface area contributed by atoms with Gasteiger partial charge in [-0.15, -0.1) is 0 Å². The van der Waals surface area contributed by atoms with Crippen LogP contribution in [0.25, 0.3) is 0 Å². The third-order valence-corrected chi connectivity index (χ3v) is 5.07. The van der Waals surface area contributed by atoms with E-state index in [4.69, 9.17) is 9.47 Å². The van der Waals surface area contributed by atoms with Crippen LogP contribution in [-0.4, -0.2) is 31.1 Å². The van der Waals surface area contributed by atoms with Gasteiger partial charge in [-0.3, -0.25) is 9.59 Å². The molecule has 3 atom stereocenters. The molecule has 0 aromatic heterocycles. The second-order valence-corrected chi connectivity index (χ2v) is 6.55. The number of esters is 2. The van der Waals surface area contributed by atoms with Crippen molar-refractivity contribution in [3.05, 3.63) is 35.9 Å². The van der Waals surface area contributed by atoms with Crippen molar-refractivity contribution < 1.29 is 19.1 Å². The van der Waals surface area contributed by atoms with Gasteiger partial charge in [0.15, 0.2) is 0 Å². The zero-order chi connectivity index (χ0) is 16.3. The van der Waals surface area contributed by atoms with E-state index in [9.17, 15) is 9.59 Å². The SMILES string of the molecule is COC(=O)C1CC2(CCCN2)CC1C(=O)OCc1ccccc1. The summed E-state index contributed by atoms with van der Waals surface area (Å²) in [4.78, 5) is 24.6. The minimum atomic E-state index is -0.420. The number of benzene rings is 1. The maximum absolute atomic E-state index is 12.5. The lowest BCUT2D eigenvalue weighted by Crippen LogP contribution is -2.37. The van der Waals surface area contributed by atoms with Crippen LogP contribution in [-0.2, 0) is 25.7 Å². The lowest BCUT2D eigenvalue weighted by Gasteiger charge is -2.23. The Labute approximate surface area is 136 Å². The molecule has 5 heteroatoms. The predicted octanol–water partition coefficient (Wildman–Crippen LogP) is 2.05. The molecule has 1 heterocycles. The zero-order valence-corrected chi connectivity index (χ0v) is 13.4. The van der Waals surface area contributed by atoms with E-state index < -0.39 is 11.8 Å². The molecule has 3 unspecified atom stereocenters. The van der Waals surface area contributed by atoms with E-state index in [0.717, 1.165) is 24.9 Å². The molecule has 0 radical (unpaired) electrons. The molecule has 3 rings (SSSR count). The van der Waals surface area contributed by atoms with E-state index in [1.807, 2.05) is 30.3 Å². The van der Waals surface area contributed by atoms with E-state index >= 15 is 0 Å². The molecule has 0 bridgehead atoms. The van der Waals surface area contributed by atoms with Gasteiger partial charge in [-0.2, -0.15) is 0 Å². The van der Waals surface area contributed by atoms with Crippen molar-refractivity contribution >= 4 is 11.9 Å². The summed E-state index contributed by atoms with van der Waals surface area (Å²) in [6.07, 6.45) is 3.40. The van der Waals surface area contributed by atoms with Crippen LogP contribution in [0.1, 0.15) is 31.2 Å². The van der Waals surface area contributed by atoms with Gasteiger partial charge in [0.05, 0.1) is 18.9 Å². The smallest absolute Gasteiger partial charge is 0.310 e. The van der Waals surface area contributed by atoms with Gasteiger partial charge in [0, 0.05) is 5.54 Å². The summed E-state index contributed by atoms with van der Waals surface area (Å²) in [5.41, 5.74) is 0.845. The number of methoxy groups -OCH3 is 1. The summed E-state index contributed by atoms with van der Waals surface area (Å²) < 4.78 is 10.4. The van der Waals surface area contributed by atoms with Gasteiger partial charge < -0.3 is 14.8 Å². The molecule has 1 aliphatic carbocycles. The fraction of sp³-hybridized carbons (Fsp3) is 0.556. The Hall–Kier alpha value is -1.88. The summed E-state index contributed by atoms with van der Waals surface area (Å²) in [5.74, 6) is -1.43. The third kappa shape index (κ3) is 3.39. The quantitative estimate of drug-likeness (QED) is 0.861. The second kappa shape index (κ2) is 6.71. The topological polar surface area (TPSA) is 64.6 Å². The van der Waals surface area contributed by atoms with E-state index in [0.29, 0.717) is 12.8 Å². The number of carbonyl (C=O) groups is 2. The van der Waals surface area contributed by atoms with Crippen molar-refractivity contribution in [3.8, 4) is 0 Å². The van der Waals surface area contributed by atoms with E-state index in [2.05, 4.69) is 5.32 Å². The monoisotopic (exact) mass is 317 g/mol. The van der Waals surface area contributed by atoms with Gasteiger partial charge in [0.2, 0.25) is 0 Å². The highest BCUT2D eigenvalue weighted by molar-refractivity contribution is 5.83. The van der Waals surface area contributed by atoms with Crippen LogP contribution in [0.15, 0.2) is 30.3 Å². The molecule has 124 valence electrons. The highest BCUT2D eigenvalue weighted by Gasteiger charge is 2.52. The predicted molar refractivity (Wildman–Crippen MR) is 84.4 cm³/mol. The van der Waals surface area contributed by atoms with Crippen LogP contribution < -0.4 is 5.32 Å². The molecular weight excluding hydrogens is 294 g/mol. The molecule has 2 aliphatic rings. The van der Waals surface area contributed by atoms with Gasteiger partial charge in [-0.1, -0.05) is 30.3 Å². The lowest BCUT2D eigenvalue weighted by molar-refractivity contribution is -0.158. The number of ether oxygens (including phenoxy) is 2. The van der Waals surface area contributed by atoms with Crippen molar-refractivity contribution in [1.29, 1.82) is 0 Å². The fourth-order valence-electron chi connectivity index (χ4n) is 3.91. The third-order valence-electron chi connectivity index (χ3n) is 5.07. The Kier molecular flexibility index (Phi) is 4.66. The highest BCUT2D eigenvalue weighted by Crippen LogP contribution is 2.45. The first-order valence-corrected chi connectivity index (χ1v) is 8.17. The molecule has 1 N–H and O–H groups in total. The lowest BCUT2D eigenvalue weighted by atomic mass is 9.94. The summed E-state index contributed by atoms with van der Waals surface area (Å²) in [6.45, 7) is 1.18. The van der Waals surface area contributed by atoms with Crippen molar-refractivity contribution in [3.63, 3.8) is 0 Å². The Morgan fingerprint density at radius 3 is 2.48 bits per heavy atom. The van der Waals surface area contributed by atoms with Gasteiger partial charge in [0.25, 0.3) is 0 Å². The second-order valence-electron chi connectivity index (χ2n) is 6.55. The molecule has 1 saturated heterocycles. The molecule has 0 amide bonds. The summed E-state index contributed by atoms with van der Waals surface area (Å²) >= 11 is 0. The summed E-state index contributed by atoms with van der Waals surface area (Å²) in [7, 11) is 1.38. The number of nitrogens with one attached hydrogen (secondary N) is 1. The number of rotatable bonds is 4.